The quantitative estimate of drug-likeness (QED) is 0.454. The summed E-state index contributed by atoms with van der Waals surface area (Å²) in [6.07, 6.45) is 3.82. The number of ether oxygens (including phenoxy) is 2. The van der Waals surface area contributed by atoms with Gasteiger partial charge in [0.15, 0.2) is 5.65 Å². The maximum atomic E-state index is 13.5. The third-order valence-electron chi connectivity index (χ3n) is 5.72. The number of hydrogen-bond donors (Lipinski definition) is 1. The SMILES string of the molecule is C[C@@H](Oc1ccc2ncc(-c3ccc(OC[C@@H]4CCCN4)cc3)n2n1)c1cccc(F)c1. The zero-order valence-electron chi connectivity index (χ0n) is 17.9. The molecule has 1 aliphatic rings. The molecule has 5 rings (SSSR count). The molecule has 0 unspecified atom stereocenters. The zero-order chi connectivity index (χ0) is 21.9. The highest BCUT2D eigenvalue weighted by molar-refractivity contribution is 5.63. The van der Waals surface area contributed by atoms with Crippen molar-refractivity contribution in [2.24, 2.45) is 0 Å². The molecule has 2 aromatic heterocycles. The highest BCUT2D eigenvalue weighted by Crippen LogP contribution is 2.26. The number of aromatic nitrogens is 3. The minimum atomic E-state index is -0.339. The van der Waals surface area contributed by atoms with Gasteiger partial charge < -0.3 is 14.8 Å². The van der Waals surface area contributed by atoms with Crippen molar-refractivity contribution >= 4 is 5.65 Å². The Morgan fingerprint density at radius 3 is 2.81 bits per heavy atom. The van der Waals surface area contributed by atoms with Crippen molar-refractivity contribution in [2.45, 2.75) is 31.9 Å². The lowest BCUT2D eigenvalue weighted by Gasteiger charge is -2.14. The summed E-state index contributed by atoms with van der Waals surface area (Å²) >= 11 is 0. The van der Waals surface area contributed by atoms with Crippen molar-refractivity contribution in [3.63, 3.8) is 0 Å². The van der Waals surface area contributed by atoms with E-state index in [9.17, 15) is 4.39 Å². The Bertz CT molecular complexity index is 1200. The smallest absolute Gasteiger partial charge is 0.232 e. The van der Waals surface area contributed by atoms with Crippen LogP contribution in [0.3, 0.4) is 0 Å². The van der Waals surface area contributed by atoms with Gasteiger partial charge in [0, 0.05) is 17.7 Å². The Morgan fingerprint density at radius 2 is 2.03 bits per heavy atom. The number of halogens is 1. The van der Waals surface area contributed by atoms with Crippen LogP contribution in [0, 0.1) is 5.82 Å². The Kier molecular flexibility index (Phi) is 5.73. The number of nitrogens with zero attached hydrogens (tertiary/aromatic N) is 3. The number of nitrogens with one attached hydrogen (secondary N) is 1. The predicted octanol–water partition coefficient (Wildman–Crippen LogP) is 4.81. The van der Waals surface area contributed by atoms with E-state index in [0.717, 1.165) is 41.2 Å². The summed E-state index contributed by atoms with van der Waals surface area (Å²) in [5.74, 6) is 1.000. The van der Waals surface area contributed by atoms with Crippen LogP contribution in [0.5, 0.6) is 11.6 Å². The van der Waals surface area contributed by atoms with E-state index in [1.54, 1.807) is 22.8 Å². The maximum absolute atomic E-state index is 13.5. The molecule has 0 spiro atoms. The highest BCUT2D eigenvalue weighted by Gasteiger charge is 2.15. The molecule has 6 nitrogen and oxygen atoms in total. The van der Waals surface area contributed by atoms with Gasteiger partial charge in [-0.05, 0) is 74.3 Å². The van der Waals surface area contributed by atoms with E-state index in [4.69, 9.17) is 9.47 Å². The van der Waals surface area contributed by atoms with Crippen LogP contribution in [-0.4, -0.2) is 33.8 Å². The second-order valence-electron chi connectivity index (χ2n) is 8.03. The molecule has 1 N–H and O–H groups in total. The summed E-state index contributed by atoms with van der Waals surface area (Å²) in [6, 6.07) is 18.4. The van der Waals surface area contributed by atoms with Crippen LogP contribution in [0.25, 0.3) is 16.9 Å². The Labute approximate surface area is 186 Å². The van der Waals surface area contributed by atoms with Crippen LogP contribution in [0.1, 0.15) is 31.4 Å². The van der Waals surface area contributed by atoms with Gasteiger partial charge in [0.05, 0.1) is 11.9 Å². The molecule has 1 fully saturated rings. The van der Waals surface area contributed by atoms with Crippen molar-refractivity contribution in [3.8, 4) is 22.9 Å². The fourth-order valence-electron chi connectivity index (χ4n) is 3.94. The molecule has 0 saturated carbocycles. The minimum Gasteiger partial charge on any atom is -0.492 e. The van der Waals surface area contributed by atoms with E-state index >= 15 is 0 Å². The number of imidazole rings is 1. The molecule has 0 amide bonds. The number of hydrogen-bond acceptors (Lipinski definition) is 5. The molecule has 0 bridgehead atoms. The van der Waals surface area contributed by atoms with Crippen molar-refractivity contribution in [3.05, 3.63) is 78.2 Å². The third kappa shape index (κ3) is 4.43. The van der Waals surface area contributed by atoms with E-state index in [1.807, 2.05) is 43.3 Å². The normalized spacial score (nSPS) is 16.9. The standard InChI is InChI=1S/C25H25FN4O2/c1-17(19-4-2-5-20(26)14-19)32-25-12-11-24-28-15-23(30(24)29-25)18-7-9-22(10-8-18)31-16-21-6-3-13-27-21/h2,4-5,7-12,14-15,17,21,27H,3,6,13,16H2,1H3/t17-,21+/m1/s1. The van der Waals surface area contributed by atoms with Gasteiger partial charge in [0.25, 0.3) is 0 Å². The first kappa shape index (κ1) is 20.5. The zero-order valence-corrected chi connectivity index (χ0v) is 17.9. The Balaban J connectivity index is 1.33. The fourth-order valence-corrected chi connectivity index (χ4v) is 3.94. The summed E-state index contributed by atoms with van der Waals surface area (Å²) in [4.78, 5) is 4.45. The van der Waals surface area contributed by atoms with Crippen LogP contribution in [0.15, 0.2) is 66.9 Å². The lowest BCUT2D eigenvalue weighted by Crippen LogP contribution is -2.28. The van der Waals surface area contributed by atoms with E-state index in [2.05, 4.69) is 15.4 Å². The second-order valence-corrected chi connectivity index (χ2v) is 8.03. The molecule has 4 aromatic rings. The van der Waals surface area contributed by atoms with Gasteiger partial charge in [-0.15, -0.1) is 5.10 Å². The summed E-state index contributed by atoms with van der Waals surface area (Å²) < 4.78 is 27.2. The average molecular weight is 432 g/mol. The van der Waals surface area contributed by atoms with Gasteiger partial charge in [-0.3, -0.25) is 0 Å². The number of rotatable bonds is 7. The van der Waals surface area contributed by atoms with Crippen molar-refractivity contribution < 1.29 is 13.9 Å². The Morgan fingerprint density at radius 1 is 1.16 bits per heavy atom. The maximum Gasteiger partial charge on any atom is 0.232 e. The van der Waals surface area contributed by atoms with E-state index in [0.29, 0.717) is 18.5 Å². The van der Waals surface area contributed by atoms with Crippen molar-refractivity contribution in [1.82, 2.24) is 19.9 Å². The molecule has 32 heavy (non-hydrogen) atoms. The summed E-state index contributed by atoms with van der Waals surface area (Å²) in [6.45, 7) is 3.62. The fraction of sp³-hybridized carbons (Fsp3) is 0.280. The number of benzene rings is 2. The largest absolute Gasteiger partial charge is 0.492 e. The first-order chi connectivity index (χ1) is 15.7. The van der Waals surface area contributed by atoms with Crippen LogP contribution >= 0.6 is 0 Å². The van der Waals surface area contributed by atoms with Crippen molar-refractivity contribution in [2.75, 3.05) is 13.2 Å². The summed E-state index contributed by atoms with van der Waals surface area (Å²) in [5, 5.41) is 8.05. The Hall–Kier alpha value is -3.45. The van der Waals surface area contributed by atoms with Gasteiger partial charge in [0.2, 0.25) is 5.88 Å². The van der Waals surface area contributed by atoms with E-state index in [1.165, 1.54) is 18.6 Å². The van der Waals surface area contributed by atoms with Crippen LogP contribution in [0.4, 0.5) is 4.39 Å². The highest BCUT2D eigenvalue weighted by atomic mass is 19.1. The van der Waals surface area contributed by atoms with Gasteiger partial charge in [-0.2, -0.15) is 0 Å². The molecule has 164 valence electrons. The molecule has 0 radical (unpaired) electrons. The van der Waals surface area contributed by atoms with Gasteiger partial charge in [0.1, 0.15) is 24.3 Å². The summed E-state index contributed by atoms with van der Waals surface area (Å²) in [5.41, 5.74) is 3.30. The van der Waals surface area contributed by atoms with Crippen molar-refractivity contribution in [1.29, 1.82) is 0 Å². The minimum absolute atomic E-state index is 0.287. The predicted molar refractivity (Wildman–Crippen MR) is 120 cm³/mol. The molecule has 0 aliphatic carbocycles. The van der Waals surface area contributed by atoms with Crippen LogP contribution < -0.4 is 14.8 Å². The molecule has 2 aromatic carbocycles. The lowest BCUT2D eigenvalue weighted by atomic mass is 10.1. The first-order valence-corrected chi connectivity index (χ1v) is 10.9. The first-order valence-electron chi connectivity index (χ1n) is 10.9. The molecular formula is C25H25FN4O2. The summed E-state index contributed by atoms with van der Waals surface area (Å²) in [7, 11) is 0. The molecule has 1 saturated heterocycles. The monoisotopic (exact) mass is 432 g/mol. The second kappa shape index (κ2) is 8.96. The molecule has 7 heteroatoms. The third-order valence-corrected chi connectivity index (χ3v) is 5.72. The van der Waals surface area contributed by atoms with Gasteiger partial charge in [-0.1, -0.05) is 12.1 Å². The lowest BCUT2D eigenvalue weighted by molar-refractivity contribution is 0.214. The van der Waals surface area contributed by atoms with E-state index in [-0.39, 0.29) is 11.9 Å². The molecular weight excluding hydrogens is 407 g/mol. The molecule has 3 heterocycles. The van der Waals surface area contributed by atoms with Crippen LogP contribution in [0.2, 0.25) is 0 Å². The number of fused-ring (bicyclic) bond motifs is 1. The van der Waals surface area contributed by atoms with Gasteiger partial charge >= 0.3 is 0 Å². The van der Waals surface area contributed by atoms with E-state index < -0.39 is 0 Å². The average Bonchev–Trinajstić information content (AvgIpc) is 3.48. The van der Waals surface area contributed by atoms with Crippen LogP contribution in [-0.2, 0) is 0 Å². The topological polar surface area (TPSA) is 60.7 Å². The molecule has 2 atom stereocenters. The van der Waals surface area contributed by atoms with Gasteiger partial charge in [-0.25, -0.2) is 13.9 Å². The molecule has 1 aliphatic heterocycles.